The van der Waals surface area contributed by atoms with Crippen molar-refractivity contribution in [2.75, 3.05) is 46.3 Å². The lowest BCUT2D eigenvalue weighted by molar-refractivity contribution is -0.129. The number of nitrogens with zero attached hydrogens (tertiary/aromatic N) is 8. The van der Waals surface area contributed by atoms with Gasteiger partial charge in [-0.25, -0.2) is 19.9 Å². The lowest BCUT2D eigenvalue weighted by Crippen LogP contribution is -2.48. The molecule has 1 aliphatic heterocycles. The maximum atomic E-state index is 14.4. The predicted molar refractivity (Wildman–Crippen MR) is 197 cm³/mol. The van der Waals surface area contributed by atoms with E-state index in [1.54, 1.807) is 5.38 Å². The fourth-order valence-corrected chi connectivity index (χ4v) is 6.86. The van der Waals surface area contributed by atoms with Crippen LogP contribution in [-0.2, 0) is 16.1 Å². The zero-order valence-corrected chi connectivity index (χ0v) is 29.9. The summed E-state index contributed by atoms with van der Waals surface area (Å²) in [6.07, 6.45) is 3.66. The first-order valence-corrected chi connectivity index (χ1v) is 17.8. The first-order valence-electron chi connectivity index (χ1n) is 16.9. The van der Waals surface area contributed by atoms with Gasteiger partial charge >= 0.3 is 0 Å². The van der Waals surface area contributed by atoms with Crippen molar-refractivity contribution in [1.82, 2.24) is 45.4 Å². The fraction of sp³-hybridized carbons (Fsp3) is 0.270. The number of aromatic amines is 1. The first kappa shape index (κ1) is 37.2. The Bertz CT molecular complexity index is 2290. The van der Waals surface area contributed by atoms with Crippen LogP contribution in [0.5, 0.6) is 11.5 Å². The molecule has 1 aliphatic rings. The summed E-state index contributed by atoms with van der Waals surface area (Å²) in [5, 5.41) is 47.2. The van der Waals surface area contributed by atoms with Crippen LogP contribution >= 0.6 is 11.3 Å². The van der Waals surface area contributed by atoms with Crippen molar-refractivity contribution in [3.63, 3.8) is 0 Å². The van der Waals surface area contributed by atoms with Crippen LogP contribution in [0.25, 0.3) is 22.2 Å². The number of rotatable bonds is 12. The molecule has 274 valence electrons. The number of hydrogen-bond acceptors (Lipinski definition) is 14. The van der Waals surface area contributed by atoms with Crippen molar-refractivity contribution < 1.29 is 19.8 Å². The molecule has 5 aromatic rings. The largest absolute Gasteiger partial charge is 0.506 e. The molecule has 2 atom stereocenters. The summed E-state index contributed by atoms with van der Waals surface area (Å²) in [6, 6.07) is 15.3. The van der Waals surface area contributed by atoms with Gasteiger partial charge in [0.05, 0.1) is 28.7 Å². The van der Waals surface area contributed by atoms with Crippen molar-refractivity contribution in [2.45, 2.75) is 18.4 Å². The van der Waals surface area contributed by atoms with Crippen molar-refractivity contribution in [2.24, 2.45) is 0 Å². The molecule has 0 bridgehead atoms. The Kier molecular flexibility index (Phi) is 11.6. The van der Waals surface area contributed by atoms with E-state index in [1.807, 2.05) is 42.5 Å². The van der Waals surface area contributed by atoms with Gasteiger partial charge in [0, 0.05) is 87.5 Å². The third-order valence-electron chi connectivity index (χ3n) is 8.95. The van der Waals surface area contributed by atoms with Crippen molar-refractivity contribution in [3.05, 3.63) is 105 Å². The lowest BCUT2D eigenvalue weighted by atomic mass is 9.83. The average molecular weight is 746 g/mol. The molecule has 0 saturated carbocycles. The minimum absolute atomic E-state index is 0.0724. The smallest absolute Gasteiger partial charge is 0.255 e. The fourth-order valence-electron chi connectivity index (χ4n) is 6.00. The van der Waals surface area contributed by atoms with Gasteiger partial charge in [-0.05, 0) is 12.6 Å². The highest BCUT2D eigenvalue weighted by Gasteiger charge is 2.40. The summed E-state index contributed by atoms with van der Waals surface area (Å²) in [5.41, 5.74) is 0.184. The van der Waals surface area contributed by atoms with Crippen LogP contribution in [0.1, 0.15) is 39.8 Å². The molecule has 16 nitrogen and oxygen atoms in total. The number of carbonyl (C=O) groups is 2. The Morgan fingerprint density at radius 1 is 0.907 bits per heavy atom. The van der Waals surface area contributed by atoms with E-state index in [2.05, 4.69) is 52.4 Å². The van der Waals surface area contributed by atoms with Crippen LogP contribution in [0.2, 0.25) is 0 Å². The summed E-state index contributed by atoms with van der Waals surface area (Å²) in [5.74, 6) is -4.89. The number of pyridine rings is 2. The quantitative estimate of drug-likeness (QED) is 0.123. The van der Waals surface area contributed by atoms with Crippen molar-refractivity contribution in [1.29, 1.82) is 10.5 Å². The van der Waals surface area contributed by atoms with Gasteiger partial charge in [-0.15, -0.1) is 11.3 Å². The van der Waals surface area contributed by atoms with E-state index >= 15 is 0 Å². The molecule has 1 aromatic carbocycles. The number of H-pyrrole nitrogens is 1. The van der Waals surface area contributed by atoms with Gasteiger partial charge in [-0.3, -0.25) is 19.3 Å². The number of amides is 2. The molecule has 4 aromatic heterocycles. The van der Waals surface area contributed by atoms with Gasteiger partial charge in [0.25, 0.3) is 5.56 Å². The molecule has 2 unspecified atom stereocenters. The number of benzene rings is 1. The number of carbonyl (C=O) groups excluding carboxylic acids is 2. The topological polar surface area (TPSA) is 237 Å². The van der Waals surface area contributed by atoms with Gasteiger partial charge in [0.1, 0.15) is 40.0 Å². The highest BCUT2D eigenvalue weighted by atomic mass is 32.1. The van der Waals surface area contributed by atoms with Crippen LogP contribution in [-0.4, -0.2) is 103 Å². The first-order chi connectivity index (χ1) is 26.1. The number of aromatic nitrogens is 5. The summed E-state index contributed by atoms with van der Waals surface area (Å²) >= 11 is 1.06. The average Bonchev–Trinajstić information content (AvgIpc) is 3.66. The Labute approximate surface area is 313 Å². The van der Waals surface area contributed by atoms with E-state index in [4.69, 9.17) is 0 Å². The number of piperazine rings is 1. The van der Waals surface area contributed by atoms with E-state index in [0.717, 1.165) is 49.3 Å². The van der Waals surface area contributed by atoms with E-state index in [9.17, 15) is 35.1 Å². The Morgan fingerprint density at radius 2 is 1.56 bits per heavy atom. The molecule has 5 heterocycles. The third kappa shape index (κ3) is 8.56. The number of likely N-dealkylation sites (N-methyl/N-ethyl adjacent to an activating group) is 1. The number of aromatic hydroxyl groups is 2. The Hall–Kier alpha value is -6.53. The van der Waals surface area contributed by atoms with Gasteiger partial charge in [-0.2, -0.15) is 10.5 Å². The van der Waals surface area contributed by atoms with E-state index < -0.39 is 35.0 Å². The number of hydrogen-bond donors (Lipinski definition) is 5. The molecule has 1 fully saturated rings. The molecular weight excluding hydrogens is 711 g/mol. The van der Waals surface area contributed by atoms with Crippen LogP contribution in [0.3, 0.4) is 0 Å². The number of nitriles is 2. The second-order valence-electron chi connectivity index (χ2n) is 12.6. The second-order valence-corrected chi connectivity index (χ2v) is 13.5. The molecular formula is C37H35N11O5S. The molecule has 54 heavy (non-hydrogen) atoms. The van der Waals surface area contributed by atoms with Crippen LogP contribution < -0.4 is 16.2 Å². The molecule has 1 saturated heterocycles. The Balaban J connectivity index is 1.40. The molecule has 0 spiro atoms. The maximum absolute atomic E-state index is 14.4. The van der Waals surface area contributed by atoms with Crippen LogP contribution in [0, 0.1) is 22.7 Å². The summed E-state index contributed by atoms with van der Waals surface area (Å²) in [6.45, 7) is 4.33. The lowest BCUT2D eigenvalue weighted by Gasteiger charge is -2.32. The predicted octanol–water partition coefficient (Wildman–Crippen LogP) is 2.05. The standard InChI is InChI=1S/C37H35N11O5S/c1-47-9-11-48(12-10-47)8-7-40-36(53)30(26-21-54-37(45-26)32-28(50)14-24(16-39)19-42-32)29(35(52)44-17-22-5-3-2-4-6-22)25-20-43-33(46-34(25)51)31-27(49)13-23(15-38)18-41-31/h2-6,13-14,18-21,29-30,49-50H,7-12,17H2,1H3,(H,40,53)(H,44,52)(H,43,46,51). The van der Waals surface area contributed by atoms with E-state index in [-0.39, 0.29) is 63.4 Å². The highest BCUT2D eigenvalue weighted by molar-refractivity contribution is 7.13. The molecule has 2 amide bonds. The number of thiazole rings is 1. The van der Waals surface area contributed by atoms with Gasteiger partial charge in [0.15, 0.2) is 5.82 Å². The minimum atomic E-state index is -1.47. The maximum Gasteiger partial charge on any atom is 0.255 e. The SMILES string of the molecule is CN1CCN(CCNC(=O)C(c2csc(-c3ncc(C#N)cc3O)n2)C(C(=O)NCc2ccccc2)c2cnc(-c3ncc(C#N)cc3O)[nH]c2=O)CC1. The van der Waals surface area contributed by atoms with Gasteiger partial charge < -0.3 is 30.7 Å². The number of nitrogens with one attached hydrogen (secondary N) is 3. The summed E-state index contributed by atoms with van der Waals surface area (Å²) < 4.78 is 0. The zero-order chi connectivity index (χ0) is 38.2. The third-order valence-corrected chi connectivity index (χ3v) is 9.82. The van der Waals surface area contributed by atoms with Gasteiger partial charge in [-0.1, -0.05) is 30.3 Å². The molecule has 6 rings (SSSR count). The summed E-state index contributed by atoms with van der Waals surface area (Å²) in [4.78, 5) is 66.9. The van der Waals surface area contributed by atoms with Crippen molar-refractivity contribution >= 4 is 23.2 Å². The van der Waals surface area contributed by atoms with Crippen molar-refractivity contribution in [3.8, 4) is 45.9 Å². The molecule has 17 heteroatoms. The van der Waals surface area contributed by atoms with E-state index in [1.165, 1.54) is 24.5 Å². The summed E-state index contributed by atoms with van der Waals surface area (Å²) in [7, 11) is 2.05. The second kappa shape index (κ2) is 16.9. The van der Waals surface area contributed by atoms with Gasteiger partial charge in [0.2, 0.25) is 11.8 Å². The van der Waals surface area contributed by atoms with Crippen LogP contribution in [0.4, 0.5) is 0 Å². The zero-order valence-electron chi connectivity index (χ0n) is 29.1. The molecule has 0 radical (unpaired) electrons. The highest BCUT2D eigenvalue weighted by Crippen LogP contribution is 2.37. The Morgan fingerprint density at radius 3 is 2.19 bits per heavy atom. The molecule has 0 aliphatic carbocycles. The monoisotopic (exact) mass is 745 g/mol. The normalized spacial score (nSPS) is 14.4. The minimum Gasteiger partial charge on any atom is -0.506 e. The van der Waals surface area contributed by atoms with E-state index in [0.29, 0.717) is 6.54 Å². The van der Waals surface area contributed by atoms with Crippen LogP contribution in [0.15, 0.2) is 71.2 Å². The molecule has 5 N–H and O–H groups in total.